The van der Waals surface area contributed by atoms with E-state index < -0.39 is 11.7 Å². The van der Waals surface area contributed by atoms with Crippen molar-refractivity contribution in [3.8, 4) is 0 Å². The third-order valence-electron chi connectivity index (χ3n) is 3.11. The Bertz CT molecular complexity index is 638. The van der Waals surface area contributed by atoms with E-state index in [1.165, 1.54) is 6.07 Å². The van der Waals surface area contributed by atoms with E-state index in [1.54, 1.807) is 37.3 Å². The number of halogens is 1. The Labute approximate surface area is 117 Å². The molecule has 0 heterocycles. The molecule has 1 unspecified atom stereocenters. The number of benzene rings is 2. The second-order valence-corrected chi connectivity index (χ2v) is 4.80. The van der Waals surface area contributed by atoms with Crippen LogP contribution in [0.15, 0.2) is 42.5 Å². The van der Waals surface area contributed by atoms with Crippen LogP contribution in [0.3, 0.4) is 0 Å². The lowest BCUT2D eigenvalue weighted by Crippen LogP contribution is -2.15. The highest BCUT2D eigenvalue weighted by Gasteiger charge is 2.13. The molecule has 0 radical (unpaired) electrons. The zero-order valence-corrected chi connectivity index (χ0v) is 11.5. The first-order valence-corrected chi connectivity index (χ1v) is 6.41. The zero-order valence-electron chi connectivity index (χ0n) is 11.5. The SMILES string of the molecule is Cc1cccc(C(=O)Nc2cccc(C(C)N)c2)c1F. The van der Waals surface area contributed by atoms with Crippen LogP contribution in [0.4, 0.5) is 10.1 Å². The van der Waals surface area contributed by atoms with Gasteiger partial charge in [-0.05, 0) is 43.2 Å². The number of carbonyl (C=O) groups is 1. The summed E-state index contributed by atoms with van der Waals surface area (Å²) in [7, 11) is 0. The Hall–Kier alpha value is -2.20. The molecule has 0 saturated carbocycles. The molecule has 1 atom stereocenters. The Kier molecular flexibility index (Phi) is 4.15. The normalized spacial score (nSPS) is 12.0. The number of nitrogens with one attached hydrogen (secondary N) is 1. The molecule has 0 fully saturated rings. The fourth-order valence-electron chi connectivity index (χ4n) is 1.92. The summed E-state index contributed by atoms with van der Waals surface area (Å²) >= 11 is 0. The maximum Gasteiger partial charge on any atom is 0.258 e. The Balaban J connectivity index is 2.24. The van der Waals surface area contributed by atoms with Gasteiger partial charge in [0, 0.05) is 11.7 Å². The van der Waals surface area contributed by atoms with Crippen LogP contribution in [-0.2, 0) is 0 Å². The van der Waals surface area contributed by atoms with E-state index in [-0.39, 0.29) is 11.6 Å². The minimum absolute atomic E-state index is 0.0381. The number of hydrogen-bond acceptors (Lipinski definition) is 2. The first-order valence-electron chi connectivity index (χ1n) is 6.41. The summed E-state index contributed by atoms with van der Waals surface area (Å²) in [5.41, 5.74) is 7.79. The van der Waals surface area contributed by atoms with Gasteiger partial charge in [0.2, 0.25) is 0 Å². The lowest BCUT2D eigenvalue weighted by atomic mass is 10.1. The van der Waals surface area contributed by atoms with E-state index in [9.17, 15) is 9.18 Å². The Morgan fingerprint density at radius 2 is 1.95 bits per heavy atom. The van der Waals surface area contributed by atoms with Gasteiger partial charge in [0.1, 0.15) is 5.82 Å². The van der Waals surface area contributed by atoms with Crippen molar-refractivity contribution in [2.24, 2.45) is 5.73 Å². The molecular formula is C16H17FN2O. The average molecular weight is 272 g/mol. The third-order valence-corrected chi connectivity index (χ3v) is 3.11. The van der Waals surface area contributed by atoms with E-state index in [0.29, 0.717) is 11.3 Å². The highest BCUT2D eigenvalue weighted by molar-refractivity contribution is 6.04. The molecule has 0 spiro atoms. The summed E-state index contributed by atoms with van der Waals surface area (Å²) < 4.78 is 13.9. The molecule has 2 rings (SSSR count). The summed E-state index contributed by atoms with van der Waals surface area (Å²) in [5.74, 6) is -0.957. The second-order valence-electron chi connectivity index (χ2n) is 4.80. The van der Waals surface area contributed by atoms with E-state index in [0.717, 1.165) is 5.56 Å². The topological polar surface area (TPSA) is 55.1 Å². The lowest BCUT2D eigenvalue weighted by molar-refractivity contribution is 0.102. The van der Waals surface area contributed by atoms with Gasteiger partial charge in [0.15, 0.2) is 0 Å². The van der Waals surface area contributed by atoms with E-state index in [1.807, 2.05) is 13.0 Å². The molecule has 3 nitrogen and oxygen atoms in total. The molecule has 0 aliphatic rings. The number of hydrogen-bond donors (Lipinski definition) is 2. The highest BCUT2D eigenvalue weighted by Crippen LogP contribution is 2.18. The molecule has 1 amide bonds. The van der Waals surface area contributed by atoms with Crippen LogP contribution < -0.4 is 11.1 Å². The van der Waals surface area contributed by atoms with Gasteiger partial charge in [-0.3, -0.25) is 4.79 Å². The van der Waals surface area contributed by atoms with Gasteiger partial charge >= 0.3 is 0 Å². The van der Waals surface area contributed by atoms with E-state index >= 15 is 0 Å². The molecule has 0 saturated heterocycles. The van der Waals surface area contributed by atoms with Crippen molar-refractivity contribution in [3.05, 3.63) is 65.0 Å². The van der Waals surface area contributed by atoms with Crippen LogP contribution >= 0.6 is 0 Å². The predicted molar refractivity (Wildman–Crippen MR) is 78.1 cm³/mol. The molecule has 0 aromatic heterocycles. The highest BCUT2D eigenvalue weighted by atomic mass is 19.1. The molecule has 0 bridgehead atoms. The summed E-state index contributed by atoms with van der Waals surface area (Å²) in [6, 6.07) is 11.9. The number of aryl methyl sites for hydroxylation is 1. The van der Waals surface area contributed by atoms with Crippen molar-refractivity contribution in [2.75, 3.05) is 5.32 Å². The van der Waals surface area contributed by atoms with Gasteiger partial charge in [-0.2, -0.15) is 0 Å². The summed E-state index contributed by atoms with van der Waals surface area (Å²) in [5, 5.41) is 2.69. The summed E-state index contributed by atoms with van der Waals surface area (Å²) in [6.07, 6.45) is 0. The first-order chi connectivity index (χ1) is 9.49. The monoisotopic (exact) mass is 272 g/mol. The van der Waals surface area contributed by atoms with Gasteiger partial charge in [-0.15, -0.1) is 0 Å². The zero-order chi connectivity index (χ0) is 14.7. The van der Waals surface area contributed by atoms with Crippen LogP contribution in [0, 0.1) is 12.7 Å². The molecule has 104 valence electrons. The van der Waals surface area contributed by atoms with Crippen LogP contribution in [0.1, 0.15) is 34.5 Å². The van der Waals surface area contributed by atoms with E-state index in [2.05, 4.69) is 5.32 Å². The van der Waals surface area contributed by atoms with Gasteiger partial charge in [0.25, 0.3) is 5.91 Å². The molecule has 4 heteroatoms. The molecule has 2 aromatic rings. The quantitative estimate of drug-likeness (QED) is 0.899. The second kappa shape index (κ2) is 5.84. The standard InChI is InChI=1S/C16H17FN2O/c1-10-5-3-8-14(15(10)17)16(20)19-13-7-4-6-12(9-13)11(2)18/h3-9,11H,18H2,1-2H3,(H,19,20). The first kappa shape index (κ1) is 14.2. The van der Waals surface area contributed by atoms with Crippen LogP contribution in [0.2, 0.25) is 0 Å². The van der Waals surface area contributed by atoms with Crippen molar-refractivity contribution in [2.45, 2.75) is 19.9 Å². The number of anilines is 1. The molecule has 3 N–H and O–H groups in total. The van der Waals surface area contributed by atoms with Crippen molar-refractivity contribution >= 4 is 11.6 Å². The predicted octanol–water partition coefficient (Wildman–Crippen LogP) is 3.41. The van der Waals surface area contributed by atoms with Crippen molar-refractivity contribution in [1.82, 2.24) is 0 Å². The molecule has 20 heavy (non-hydrogen) atoms. The lowest BCUT2D eigenvalue weighted by Gasteiger charge is -2.10. The number of nitrogens with two attached hydrogens (primary N) is 1. The maximum atomic E-state index is 13.9. The van der Waals surface area contributed by atoms with Crippen molar-refractivity contribution in [1.29, 1.82) is 0 Å². The third kappa shape index (κ3) is 3.03. The molecule has 2 aromatic carbocycles. The largest absolute Gasteiger partial charge is 0.324 e. The van der Waals surface area contributed by atoms with Crippen molar-refractivity contribution in [3.63, 3.8) is 0 Å². The Morgan fingerprint density at radius 1 is 1.25 bits per heavy atom. The van der Waals surface area contributed by atoms with Gasteiger partial charge < -0.3 is 11.1 Å². The molecule has 0 aliphatic carbocycles. The summed E-state index contributed by atoms with van der Waals surface area (Å²) in [4.78, 5) is 12.1. The maximum absolute atomic E-state index is 13.9. The van der Waals surface area contributed by atoms with Gasteiger partial charge in [-0.25, -0.2) is 4.39 Å². The molecular weight excluding hydrogens is 255 g/mol. The number of rotatable bonds is 3. The summed E-state index contributed by atoms with van der Waals surface area (Å²) in [6.45, 7) is 3.49. The smallest absolute Gasteiger partial charge is 0.258 e. The van der Waals surface area contributed by atoms with Crippen LogP contribution in [0.25, 0.3) is 0 Å². The fraction of sp³-hybridized carbons (Fsp3) is 0.188. The Morgan fingerprint density at radius 3 is 2.65 bits per heavy atom. The average Bonchev–Trinajstić information content (AvgIpc) is 2.42. The number of carbonyl (C=O) groups excluding carboxylic acids is 1. The molecule has 0 aliphatic heterocycles. The van der Waals surface area contributed by atoms with E-state index in [4.69, 9.17) is 5.73 Å². The van der Waals surface area contributed by atoms with Gasteiger partial charge in [-0.1, -0.05) is 24.3 Å². The number of amides is 1. The van der Waals surface area contributed by atoms with Gasteiger partial charge in [0.05, 0.1) is 5.56 Å². The fourth-order valence-corrected chi connectivity index (χ4v) is 1.92. The minimum atomic E-state index is -0.492. The van der Waals surface area contributed by atoms with Crippen LogP contribution in [0.5, 0.6) is 0 Å². The van der Waals surface area contributed by atoms with Crippen LogP contribution in [-0.4, -0.2) is 5.91 Å². The van der Waals surface area contributed by atoms with Crippen molar-refractivity contribution < 1.29 is 9.18 Å². The minimum Gasteiger partial charge on any atom is -0.324 e.